The molecule has 106 valence electrons. The normalized spacial score (nSPS) is 15.9. The standard InChI is InChI=1S/C17H13ClO2S/c1-20-13-7-5-11(6-8-13)9-12-10-21-17-14(16(12)19)3-2-4-15(17)18/h2-9H,10H2,1H3/b12-9+. The zero-order valence-electron chi connectivity index (χ0n) is 11.4. The lowest BCUT2D eigenvalue weighted by Gasteiger charge is -2.18. The Morgan fingerprint density at radius 2 is 1.95 bits per heavy atom. The summed E-state index contributed by atoms with van der Waals surface area (Å²) in [6.45, 7) is 0. The number of benzene rings is 2. The lowest BCUT2D eigenvalue weighted by molar-refractivity contribution is 0.103. The van der Waals surface area contributed by atoms with Crippen LogP contribution in [0.1, 0.15) is 15.9 Å². The Kier molecular flexibility index (Phi) is 4.04. The van der Waals surface area contributed by atoms with E-state index in [0.29, 0.717) is 16.3 Å². The highest BCUT2D eigenvalue weighted by Gasteiger charge is 2.23. The Hall–Kier alpha value is -1.71. The average Bonchev–Trinajstić information content (AvgIpc) is 2.51. The highest BCUT2D eigenvalue weighted by molar-refractivity contribution is 7.99. The topological polar surface area (TPSA) is 26.3 Å². The summed E-state index contributed by atoms with van der Waals surface area (Å²) in [5.41, 5.74) is 2.48. The number of halogens is 1. The molecule has 0 spiro atoms. The number of methoxy groups -OCH3 is 1. The number of carbonyl (C=O) groups excluding carboxylic acids is 1. The van der Waals surface area contributed by atoms with Crippen LogP contribution in [-0.4, -0.2) is 18.6 Å². The van der Waals surface area contributed by atoms with Gasteiger partial charge < -0.3 is 4.74 Å². The average molecular weight is 317 g/mol. The van der Waals surface area contributed by atoms with Crippen molar-refractivity contribution in [3.05, 3.63) is 64.2 Å². The highest BCUT2D eigenvalue weighted by atomic mass is 35.5. The molecule has 0 bridgehead atoms. The first-order valence-corrected chi connectivity index (χ1v) is 7.86. The Morgan fingerprint density at radius 3 is 2.67 bits per heavy atom. The molecule has 3 rings (SSSR count). The zero-order chi connectivity index (χ0) is 14.8. The first kappa shape index (κ1) is 14.2. The summed E-state index contributed by atoms with van der Waals surface area (Å²) in [6, 6.07) is 13.1. The van der Waals surface area contributed by atoms with Crippen molar-refractivity contribution in [2.45, 2.75) is 4.90 Å². The van der Waals surface area contributed by atoms with Crippen molar-refractivity contribution in [3.8, 4) is 5.75 Å². The van der Waals surface area contributed by atoms with E-state index in [-0.39, 0.29) is 5.78 Å². The van der Waals surface area contributed by atoms with Crippen LogP contribution in [0.3, 0.4) is 0 Å². The number of hydrogen-bond donors (Lipinski definition) is 0. The van der Waals surface area contributed by atoms with Crippen molar-refractivity contribution >= 4 is 35.2 Å². The number of thioether (sulfide) groups is 1. The van der Waals surface area contributed by atoms with E-state index in [2.05, 4.69) is 0 Å². The predicted octanol–water partition coefficient (Wildman–Crippen LogP) is 4.72. The summed E-state index contributed by atoms with van der Waals surface area (Å²) < 4.78 is 5.13. The maximum absolute atomic E-state index is 12.5. The van der Waals surface area contributed by atoms with Gasteiger partial charge in [-0.1, -0.05) is 29.8 Å². The van der Waals surface area contributed by atoms with Gasteiger partial charge >= 0.3 is 0 Å². The van der Waals surface area contributed by atoms with E-state index >= 15 is 0 Å². The molecule has 0 aromatic heterocycles. The van der Waals surface area contributed by atoms with Crippen LogP contribution < -0.4 is 4.74 Å². The van der Waals surface area contributed by atoms with Crippen molar-refractivity contribution in [3.63, 3.8) is 0 Å². The van der Waals surface area contributed by atoms with Gasteiger partial charge in [0, 0.05) is 21.8 Å². The Balaban J connectivity index is 1.93. The molecule has 21 heavy (non-hydrogen) atoms. The number of fused-ring (bicyclic) bond motifs is 1. The lowest BCUT2D eigenvalue weighted by atomic mass is 10.0. The molecule has 0 saturated carbocycles. The first-order chi connectivity index (χ1) is 10.2. The van der Waals surface area contributed by atoms with Gasteiger partial charge in [0.25, 0.3) is 0 Å². The number of ether oxygens (including phenoxy) is 1. The fourth-order valence-corrected chi connectivity index (χ4v) is 3.61. The van der Waals surface area contributed by atoms with Gasteiger partial charge in [0.05, 0.1) is 12.1 Å². The van der Waals surface area contributed by atoms with Gasteiger partial charge in [-0.15, -0.1) is 11.8 Å². The van der Waals surface area contributed by atoms with Crippen LogP contribution in [-0.2, 0) is 0 Å². The molecule has 0 atom stereocenters. The SMILES string of the molecule is COc1ccc(/C=C2\CSc3c(Cl)cccc3C2=O)cc1. The van der Waals surface area contributed by atoms with Gasteiger partial charge in [0.2, 0.25) is 0 Å². The molecule has 0 amide bonds. The number of Topliss-reactive ketones (excluding diaryl/α,β-unsaturated/α-hetero) is 1. The summed E-state index contributed by atoms with van der Waals surface area (Å²) in [4.78, 5) is 13.4. The largest absolute Gasteiger partial charge is 0.497 e. The quantitative estimate of drug-likeness (QED) is 0.750. The van der Waals surface area contributed by atoms with Crippen molar-refractivity contribution < 1.29 is 9.53 Å². The molecule has 1 heterocycles. The molecular formula is C17H13ClO2S. The second-order valence-electron chi connectivity index (χ2n) is 4.68. The van der Waals surface area contributed by atoms with Crippen molar-refractivity contribution in [1.82, 2.24) is 0 Å². The molecule has 2 aromatic carbocycles. The molecule has 0 radical (unpaired) electrons. The van der Waals surface area contributed by atoms with E-state index in [4.69, 9.17) is 16.3 Å². The molecular weight excluding hydrogens is 304 g/mol. The maximum atomic E-state index is 12.5. The van der Waals surface area contributed by atoms with Gasteiger partial charge in [-0.2, -0.15) is 0 Å². The fourth-order valence-electron chi connectivity index (χ4n) is 2.23. The molecule has 0 unspecified atom stereocenters. The molecule has 0 aliphatic carbocycles. The van der Waals surface area contributed by atoms with Crippen LogP contribution in [0.25, 0.3) is 6.08 Å². The summed E-state index contributed by atoms with van der Waals surface area (Å²) >= 11 is 7.75. The molecule has 2 nitrogen and oxygen atoms in total. The van der Waals surface area contributed by atoms with E-state index in [1.165, 1.54) is 0 Å². The van der Waals surface area contributed by atoms with Gasteiger partial charge in [-0.3, -0.25) is 4.79 Å². The summed E-state index contributed by atoms with van der Waals surface area (Å²) in [6.07, 6.45) is 1.93. The highest BCUT2D eigenvalue weighted by Crippen LogP contribution is 2.38. The third-order valence-corrected chi connectivity index (χ3v) is 4.94. The molecule has 0 saturated heterocycles. The van der Waals surface area contributed by atoms with Gasteiger partial charge in [0.15, 0.2) is 5.78 Å². The summed E-state index contributed by atoms with van der Waals surface area (Å²) in [5, 5.41) is 0.648. The molecule has 1 aliphatic rings. The van der Waals surface area contributed by atoms with Gasteiger partial charge in [-0.25, -0.2) is 0 Å². The Morgan fingerprint density at radius 1 is 1.19 bits per heavy atom. The minimum atomic E-state index is 0.0575. The molecule has 2 aromatic rings. The van der Waals surface area contributed by atoms with Gasteiger partial charge in [-0.05, 0) is 35.9 Å². The summed E-state index contributed by atoms with van der Waals surface area (Å²) in [5.74, 6) is 1.50. The van der Waals surface area contributed by atoms with E-state index in [0.717, 1.165) is 21.8 Å². The minimum absolute atomic E-state index is 0.0575. The number of rotatable bonds is 2. The van der Waals surface area contributed by atoms with Crippen LogP contribution in [0, 0.1) is 0 Å². The Bertz CT molecular complexity index is 720. The van der Waals surface area contributed by atoms with E-state index < -0.39 is 0 Å². The fraction of sp³-hybridized carbons (Fsp3) is 0.118. The van der Waals surface area contributed by atoms with Crippen molar-refractivity contribution in [2.75, 3.05) is 12.9 Å². The molecule has 4 heteroatoms. The molecule has 0 N–H and O–H groups in total. The maximum Gasteiger partial charge on any atom is 0.191 e. The van der Waals surface area contributed by atoms with Crippen molar-refractivity contribution in [1.29, 1.82) is 0 Å². The number of ketones is 1. The van der Waals surface area contributed by atoms with Crippen LogP contribution >= 0.6 is 23.4 Å². The predicted molar refractivity (Wildman–Crippen MR) is 87.5 cm³/mol. The number of carbonyl (C=O) groups is 1. The van der Waals surface area contributed by atoms with Crippen LogP contribution in [0.15, 0.2) is 52.9 Å². The Labute approximate surface area is 132 Å². The zero-order valence-corrected chi connectivity index (χ0v) is 13.0. The second-order valence-corrected chi connectivity index (χ2v) is 6.07. The second kappa shape index (κ2) is 5.96. The first-order valence-electron chi connectivity index (χ1n) is 6.49. The van der Waals surface area contributed by atoms with E-state index in [1.807, 2.05) is 48.5 Å². The minimum Gasteiger partial charge on any atom is -0.497 e. The van der Waals surface area contributed by atoms with Crippen molar-refractivity contribution in [2.24, 2.45) is 0 Å². The van der Waals surface area contributed by atoms with Crippen LogP contribution in [0.2, 0.25) is 5.02 Å². The van der Waals surface area contributed by atoms with E-state index in [1.54, 1.807) is 18.9 Å². The number of hydrogen-bond acceptors (Lipinski definition) is 3. The van der Waals surface area contributed by atoms with Gasteiger partial charge in [0.1, 0.15) is 5.75 Å². The molecule has 1 aliphatic heterocycles. The smallest absolute Gasteiger partial charge is 0.191 e. The van der Waals surface area contributed by atoms with Crippen LogP contribution in [0.5, 0.6) is 5.75 Å². The lowest BCUT2D eigenvalue weighted by Crippen LogP contribution is -2.12. The monoisotopic (exact) mass is 316 g/mol. The van der Waals surface area contributed by atoms with Crippen LogP contribution in [0.4, 0.5) is 0 Å². The third kappa shape index (κ3) is 2.85. The van der Waals surface area contributed by atoms with E-state index in [9.17, 15) is 4.79 Å². The molecule has 0 fully saturated rings. The third-order valence-electron chi connectivity index (χ3n) is 3.33. The summed E-state index contributed by atoms with van der Waals surface area (Å²) in [7, 11) is 1.63.